The third-order valence-electron chi connectivity index (χ3n) is 3.89. The highest BCUT2D eigenvalue weighted by molar-refractivity contribution is 5.85. The summed E-state index contributed by atoms with van der Waals surface area (Å²) in [5.41, 5.74) is 0. The van der Waals surface area contributed by atoms with Crippen molar-refractivity contribution in [1.29, 1.82) is 0 Å². The second-order valence-electron chi connectivity index (χ2n) is 5.39. The average Bonchev–Trinajstić information content (AvgIpc) is 2.68. The lowest BCUT2D eigenvalue weighted by Crippen LogP contribution is -2.19. The highest BCUT2D eigenvalue weighted by Gasteiger charge is 2.23. The number of hydrogen-bond donors (Lipinski definition) is 0. The summed E-state index contributed by atoms with van der Waals surface area (Å²) in [4.78, 5) is 23.6. The van der Waals surface area contributed by atoms with Gasteiger partial charge in [0.05, 0.1) is 0 Å². The van der Waals surface area contributed by atoms with Gasteiger partial charge >= 0.3 is 0 Å². The largest absolute Gasteiger partial charge is 0.297 e. The van der Waals surface area contributed by atoms with E-state index in [4.69, 9.17) is 0 Å². The zero-order valence-electron chi connectivity index (χ0n) is 10.9. The average molecular weight is 250 g/mol. The normalized spacial score (nSPS) is 31.3. The Morgan fingerprint density at radius 1 is 0.667 bits per heavy atom. The van der Waals surface area contributed by atoms with Crippen LogP contribution in [0.3, 0.4) is 0 Å². The first-order valence-electron chi connectivity index (χ1n) is 7.23. The Balaban J connectivity index is 1.95. The Morgan fingerprint density at radius 2 is 1.11 bits per heavy atom. The van der Waals surface area contributed by atoms with Gasteiger partial charge in [-0.3, -0.25) is 9.59 Å². The quantitative estimate of drug-likeness (QED) is 0.558. The van der Waals surface area contributed by atoms with Crippen molar-refractivity contribution in [3.63, 3.8) is 0 Å². The van der Waals surface area contributed by atoms with Gasteiger partial charge in [0.25, 0.3) is 0 Å². The third-order valence-corrected chi connectivity index (χ3v) is 3.89. The molecule has 2 aliphatic carbocycles. The van der Waals surface area contributed by atoms with Gasteiger partial charge in [-0.05, 0) is 25.7 Å². The minimum Gasteiger partial charge on any atom is -0.297 e. The van der Waals surface area contributed by atoms with Gasteiger partial charge in [0.1, 0.15) is 12.1 Å². The Labute approximate surface area is 108 Å². The summed E-state index contributed by atoms with van der Waals surface area (Å²) < 4.78 is 0. The van der Waals surface area contributed by atoms with Crippen LogP contribution in [0.25, 0.3) is 0 Å². The summed E-state index contributed by atoms with van der Waals surface area (Å²) in [5, 5.41) is 8.39. The molecule has 0 saturated heterocycles. The third kappa shape index (κ3) is 3.72. The molecule has 0 aromatic heterocycles. The van der Waals surface area contributed by atoms with Crippen molar-refractivity contribution in [3.05, 3.63) is 0 Å². The second kappa shape index (κ2) is 6.76. The van der Waals surface area contributed by atoms with Crippen molar-refractivity contribution in [2.45, 2.75) is 76.3 Å². The SMILES string of the molecule is O=C1CCCCCC1N=NC1CCCCCC1=O. The van der Waals surface area contributed by atoms with E-state index in [1.165, 1.54) is 0 Å². The summed E-state index contributed by atoms with van der Waals surface area (Å²) in [5.74, 6) is 0.412. The van der Waals surface area contributed by atoms with Crippen LogP contribution in [0.4, 0.5) is 0 Å². The first-order chi connectivity index (χ1) is 8.77. The Kier molecular flexibility index (Phi) is 5.02. The first-order valence-corrected chi connectivity index (χ1v) is 7.23. The number of ketones is 2. The van der Waals surface area contributed by atoms with E-state index in [9.17, 15) is 9.59 Å². The zero-order chi connectivity index (χ0) is 12.8. The van der Waals surface area contributed by atoms with Crippen molar-refractivity contribution in [1.82, 2.24) is 0 Å². The van der Waals surface area contributed by atoms with E-state index in [0.717, 1.165) is 51.4 Å². The minimum absolute atomic E-state index is 0.206. The molecule has 2 rings (SSSR count). The molecule has 0 heterocycles. The van der Waals surface area contributed by atoms with E-state index in [-0.39, 0.29) is 23.7 Å². The number of rotatable bonds is 2. The first kappa shape index (κ1) is 13.4. The molecular weight excluding hydrogens is 228 g/mol. The Morgan fingerprint density at radius 3 is 1.56 bits per heavy atom. The molecule has 4 nitrogen and oxygen atoms in total. The maximum Gasteiger partial charge on any atom is 0.159 e. The molecule has 2 fully saturated rings. The molecule has 0 amide bonds. The number of carbonyl (C=O) groups excluding carboxylic acids is 2. The topological polar surface area (TPSA) is 58.9 Å². The fourth-order valence-corrected chi connectivity index (χ4v) is 2.69. The molecule has 18 heavy (non-hydrogen) atoms. The maximum absolute atomic E-state index is 11.8. The zero-order valence-corrected chi connectivity index (χ0v) is 10.9. The standard InChI is InChI=1S/C14H22N2O2/c17-13-9-5-1-3-7-11(13)15-16-12-8-4-2-6-10-14(12)18/h11-12H,1-10H2. The Bertz CT molecular complexity index is 307. The van der Waals surface area contributed by atoms with Gasteiger partial charge in [0.2, 0.25) is 0 Å². The minimum atomic E-state index is -0.274. The maximum atomic E-state index is 11.8. The van der Waals surface area contributed by atoms with Crippen LogP contribution in [-0.4, -0.2) is 23.7 Å². The molecule has 2 saturated carbocycles. The molecule has 0 bridgehead atoms. The molecule has 0 aromatic rings. The number of azo groups is 1. The van der Waals surface area contributed by atoms with E-state index in [1.807, 2.05) is 0 Å². The van der Waals surface area contributed by atoms with Gasteiger partial charge in [-0.25, -0.2) is 0 Å². The molecule has 2 aliphatic rings. The summed E-state index contributed by atoms with van der Waals surface area (Å²) in [6.07, 6.45) is 9.15. The van der Waals surface area contributed by atoms with Crippen molar-refractivity contribution in [2.75, 3.05) is 0 Å². The fraction of sp³-hybridized carbons (Fsp3) is 0.857. The molecule has 2 atom stereocenters. The lowest BCUT2D eigenvalue weighted by Gasteiger charge is -2.09. The van der Waals surface area contributed by atoms with E-state index < -0.39 is 0 Å². The van der Waals surface area contributed by atoms with Crippen LogP contribution < -0.4 is 0 Å². The number of carbonyl (C=O) groups is 2. The van der Waals surface area contributed by atoms with Gasteiger partial charge in [-0.1, -0.05) is 25.7 Å². The summed E-state index contributed by atoms with van der Waals surface area (Å²) in [7, 11) is 0. The number of hydrogen-bond acceptors (Lipinski definition) is 4. The van der Waals surface area contributed by atoms with Crippen LogP contribution in [0.15, 0.2) is 10.2 Å². The van der Waals surface area contributed by atoms with E-state index in [0.29, 0.717) is 12.8 Å². The van der Waals surface area contributed by atoms with Gasteiger partial charge in [0.15, 0.2) is 11.6 Å². The lowest BCUT2D eigenvalue weighted by molar-refractivity contribution is -0.121. The van der Waals surface area contributed by atoms with Crippen molar-refractivity contribution in [2.24, 2.45) is 10.2 Å². The van der Waals surface area contributed by atoms with Gasteiger partial charge in [-0.2, -0.15) is 10.2 Å². The van der Waals surface area contributed by atoms with Crippen molar-refractivity contribution >= 4 is 11.6 Å². The predicted molar refractivity (Wildman–Crippen MR) is 68.6 cm³/mol. The van der Waals surface area contributed by atoms with Gasteiger partial charge in [-0.15, -0.1) is 0 Å². The summed E-state index contributed by atoms with van der Waals surface area (Å²) in [6.45, 7) is 0. The van der Waals surface area contributed by atoms with E-state index in [1.54, 1.807) is 0 Å². The number of Topliss-reactive ketones (excluding diaryl/α,β-unsaturated/α-hetero) is 2. The van der Waals surface area contributed by atoms with Crippen LogP contribution in [-0.2, 0) is 9.59 Å². The predicted octanol–water partition coefficient (Wildman–Crippen LogP) is 3.24. The molecule has 0 radical (unpaired) electrons. The highest BCUT2D eigenvalue weighted by Crippen LogP contribution is 2.20. The van der Waals surface area contributed by atoms with Gasteiger partial charge in [0, 0.05) is 12.8 Å². The lowest BCUT2D eigenvalue weighted by atomic mass is 10.1. The van der Waals surface area contributed by atoms with Crippen LogP contribution in [0, 0.1) is 0 Å². The fourth-order valence-electron chi connectivity index (χ4n) is 2.69. The summed E-state index contributed by atoms with van der Waals surface area (Å²) in [6, 6.07) is -0.549. The molecule has 0 aromatic carbocycles. The van der Waals surface area contributed by atoms with Crippen LogP contribution in [0.5, 0.6) is 0 Å². The highest BCUT2D eigenvalue weighted by atomic mass is 16.1. The van der Waals surface area contributed by atoms with E-state index >= 15 is 0 Å². The molecule has 4 heteroatoms. The molecule has 0 spiro atoms. The molecule has 0 aliphatic heterocycles. The summed E-state index contributed by atoms with van der Waals surface area (Å²) >= 11 is 0. The second-order valence-corrected chi connectivity index (χ2v) is 5.39. The number of nitrogens with zero attached hydrogens (tertiary/aromatic N) is 2. The molecule has 100 valence electrons. The Hall–Kier alpha value is -1.06. The molecular formula is C14H22N2O2. The van der Waals surface area contributed by atoms with Gasteiger partial charge < -0.3 is 0 Å². The van der Waals surface area contributed by atoms with Crippen LogP contribution >= 0.6 is 0 Å². The van der Waals surface area contributed by atoms with Crippen molar-refractivity contribution in [3.8, 4) is 0 Å². The van der Waals surface area contributed by atoms with Crippen molar-refractivity contribution < 1.29 is 9.59 Å². The molecule has 2 unspecified atom stereocenters. The monoisotopic (exact) mass is 250 g/mol. The smallest absolute Gasteiger partial charge is 0.159 e. The van der Waals surface area contributed by atoms with Crippen LogP contribution in [0.2, 0.25) is 0 Å². The molecule has 0 N–H and O–H groups in total. The van der Waals surface area contributed by atoms with Crippen LogP contribution in [0.1, 0.15) is 64.2 Å². The van der Waals surface area contributed by atoms with E-state index in [2.05, 4.69) is 10.2 Å².